The summed E-state index contributed by atoms with van der Waals surface area (Å²) in [4.78, 5) is 28.3. The minimum atomic E-state index is -0.450. The van der Waals surface area contributed by atoms with Crippen molar-refractivity contribution in [1.82, 2.24) is 10.3 Å². The number of H-pyrrole nitrogens is 1. The number of ether oxygens (including phenoxy) is 2. The van der Waals surface area contributed by atoms with Gasteiger partial charge in [0.15, 0.2) is 0 Å². The van der Waals surface area contributed by atoms with E-state index in [4.69, 9.17) is 9.47 Å². The van der Waals surface area contributed by atoms with Gasteiger partial charge in [-0.15, -0.1) is 0 Å². The molecule has 1 aliphatic heterocycles. The van der Waals surface area contributed by atoms with Crippen molar-refractivity contribution in [2.45, 2.75) is 58.8 Å². The minimum Gasteiger partial charge on any atom is -0.506 e. The minimum absolute atomic E-state index is 0.0401. The molecule has 9 nitrogen and oxygen atoms in total. The van der Waals surface area contributed by atoms with Crippen molar-refractivity contribution >= 4 is 17.3 Å². The molecule has 1 aromatic carbocycles. The molecule has 35 heavy (non-hydrogen) atoms. The Morgan fingerprint density at radius 3 is 2.37 bits per heavy atom. The zero-order valence-electron chi connectivity index (χ0n) is 20.9. The fourth-order valence-electron chi connectivity index (χ4n) is 4.10. The number of aromatic hydroxyl groups is 1. The summed E-state index contributed by atoms with van der Waals surface area (Å²) < 4.78 is 11.1. The lowest BCUT2D eigenvalue weighted by atomic mass is 9.93. The summed E-state index contributed by atoms with van der Waals surface area (Å²) in [6.07, 6.45) is 4.48. The molecule has 3 rings (SSSR count). The molecule has 0 bridgehead atoms. The number of aryl methyl sites for hydroxylation is 1. The summed E-state index contributed by atoms with van der Waals surface area (Å²) >= 11 is 0. The van der Waals surface area contributed by atoms with Crippen LogP contribution < -0.4 is 20.3 Å². The number of hydrogen-bond acceptors (Lipinski definition) is 7. The highest BCUT2D eigenvalue weighted by atomic mass is 16.5. The predicted octanol–water partition coefficient (Wildman–Crippen LogP) is 3.96. The van der Waals surface area contributed by atoms with Crippen molar-refractivity contribution in [3.05, 3.63) is 39.8 Å². The van der Waals surface area contributed by atoms with Gasteiger partial charge in [0.05, 0.1) is 43.2 Å². The summed E-state index contributed by atoms with van der Waals surface area (Å²) in [5.41, 5.74) is 2.03. The smallest absolute Gasteiger partial charge is 0.261 e. The first-order valence-corrected chi connectivity index (χ1v) is 12.0. The van der Waals surface area contributed by atoms with Crippen molar-refractivity contribution < 1.29 is 19.4 Å². The molecule has 188 valence electrons. The maximum Gasteiger partial charge on any atom is 0.261 e. The molecule has 1 aliphatic rings. The van der Waals surface area contributed by atoms with Crippen molar-refractivity contribution in [3.8, 4) is 28.4 Å². The number of pyridine rings is 1. The van der Waals surface area contributed by atoms with Crippen LogP contribution in [0.4, 0.5) is 0 Å². The Morgan fingerprint density at radius 1 is 1.06 bits per heavy atom. The van der Waals surface area contributed by atoms with E-state index >= 15 is 0 Å². The fourth-order valence-corrected chi connectivity index (χ4v) is 4.10. The first-order chi connectivity index (χ1) is 16.9. The number of unbranched alkanes of at least 4 members (excludes halogenated alkanes) is 2. The van der Waals surface area contributed by atoms with Gasteiger partial charge in [-0.1, -0.05) is 32.8 Å². The number of methoxy groups -OCH3 is 2. The third kappa shape index (κ3) is 5.90. The van der Waals surface area contributed by atoms with E-state index in [0.717, 1.165) is 25.7 Å². The topological polar surface area (TPSA) is 125 Å². The van der Waals surface area contributed by atoms with Gasteiger partial charge in [-0.2, -0.15) is 10.2 Å². The molecule has 0 saturated heterocycles. The molecular formula is C26H34N4O5. The normalized spacial score (nSPS) is 12.8. The molecule has 0 atom stereocenters. The number of carbonyl (C=O) groups excluding carboxylic acids is 1. The van der Waals surface area contributed by atoms with Crippen molar-refractivity contribution in [1.29, 1.82) is 0 Å². The molecule has 2 heterocycles. The van der Waals surface area contributed by atoms with Crippen LogP contribution in [0.3, 0.4) is 0 Å². The quantitative estimate of drug-likeness (QED) is 0.395. The van der Waals surface area contributed by atoms with Gasteiger partial charge < -0.3 is 24.9 Å². The highest BCUT2D eigenvalue weighted by molar-refractivity contribution is 6.19. The maximum absolute atomic E-state index is 13.1. The van der Waals surface area contributed by atoms with E-state index < -0.39 is 5.56 Å². The van der Waals surface area contributed by atoms with Crippen LogP contribution in [0.15, 0.2) is 33.2 Å². The molecule has 0 fully saturated rings. The Balaban J connectivity index is 2.01. The summed E-state index contributed by atoms with van der Waals surface area (Å²) in [6.45, 7) is 4.72. The Morgan fingerprint density at radius 2 is 1.74 bits per heavy atom. The Bertz CT molecular complexity index is 1160. The molecule has 0 radical (unpaired) electrons. The first-order valence-electron chi connectivity index (χ1n) is 12.0. The summed E-state index contributed by atoms with van der Waals surface area (Å²) in [5.74, 6) is 0.667. The maximum atomic E-state index is 13.1. The summed E-state index contributed by atoms with van der Waals surface area (Å²) in [6, 6.07) is 5.34. The van der Waals surface area contributed by atoms with Crippen LogP contribution in [0.1, 0.15) is 63.6 Å². The Hall–Kier alpha value is -3.62. The largest absolute Gasteiger partial charge is 0.506 e. The number of nitrogens with zero attached hydrogens (tertiary/aromatic N) is 2. The second kappa shape index (κ2) is 12.2. The van der Waals surface area contributed by atoms with Crippen LogP contribution in [0.25, 0.3) is 11.1 Å². The van der Waals surface area contributed by atoms with Crippen molar-refractivity contribution in [2.24, 2.45) is 10.2 Å². The molecule has 2 aromatic rings. The van der Waals surface area contributed by atoms with Crippen LogP contribution in [0, 0.1) is 0 Å². The summed E-state index contributed by atoms with van der Waals surface area (Å²) in [5, 5.41) is 22.6. The number of aromatic amines is 1. The van der Waals surface area contributed by atoms with Gasteiger partial charge in [0.2, 0.25) is 5.91 Å². The zero-order valence-corrected chi connectivity index (χ0v) is 20.9. The number of benzene rings is 1. The lowest BCUT2D eigenvalue weighted by Crippen LogP contribution is -2.27. The number of hydrogen-bond donors (Lipinski definition) is 3. The molecule has 1 amide bonds. The van der Waals surface area contributed by atoms with Crippen LogP contribution >= 0.6 is 0 Å². The van der Waals surface area contributed by atoms with Crippen molar-refractivity contribution in [2.75, 3.05) is 20.8 Å². The molecule has 0 unspecified atom stereocenters. The number of carbonyl (C=O) groups is 1. The highest BCUT2D eigenvalue weighted by Crippen LogP contribution is 2.45. The SMILES string of the molecule is CCCCNC(=O)CC1=NN=C(c2c(O)c(-c3c(OC)cccc3OC)c(CCCC)[nH]c2=O)C1. The predicted molar refractivity (Wildman–Crippen MR) is 137 cm³/mol. The van der Waals surface area contributed by atoms with E-state index in [9.17, 15) is 14.7 Å². The Kier molecular flexibility index (Phi) is 9.05. The number of rotatable bonds is 12. The molecule has 3 N–H and O–H groups in total. The molecule has 0 spiro atoms. The van der Waals surface area contributed by atoms with Gasteiger partial charge >= 0.3 is 0 Å². The first kappa shape index (κ1) is 26.0. The van der Waals surface area contributed by atoms with E-state index in [1.807, 2.05) is 0 Å². The fraction of sp³-hybridized carbons (Fsp3) is 0.462. The van der Waals surface area contributed by atoms with E-state index in [1.165, 1.54) is 0 Å². The van der Waals surface area contributed by atoms with Gasteiger partial charge in [0.1, 0.15) is 22.8 Å². The third-order valence-electron chi connectivity index (χ3n) is 5.91. The second-order valence-corrected chi connectivity index (χ2v) is 8.44. The molecule has 9 heteroatoms. The van der Waals surface area contributed by atoms with Crippen LogP contribution in [0.5, 0.6) is 17.2 Å². The van der Waals surface area contributed by atoms with Crippen LogP contribution in [-0.4, -0.2) is 48.2 Å². The van der Waals surface area contributed by atoms with Crippen LogP contribution in [-0.2, 0) is 11.2 Å². The van der Waals surface area contributed by atoms with Crippen LogP contribution in [0.2, 0.25) is 0 Å². The van der Waals surface area contributed by atoms with E-state index in [-0.39, 0.29) is 30.1 Å². The average Bonchev–Trinajstić information content (AvgIpc) is 3.30. The molecular weight excluding hydrogens is 448 g/mol. The van der Waals surface area contributed by atoms with Gasteiger partial charge in [0.25, 0.3) is 5.56 Å². The molecule has 1 aromatic heterocycles. The highest BCUT2D eigenvalue weighted by Gasteiger charge is 2.28. The molecule has 0 aliphatic carbocycles. The second-order valence-electron chi connectivity index (χ2n) is 8.44. The van der Waals surface area contributed by atoms with E-state index in [0.29, 0.717) is 52.7 Å². The number of nitrogens with one attached hydrogen (secondary N) is 2. The number of aromatic nitrogens is 1. The van der Waals surface area contributed by atoms with Gasteiger partial charge in [-0.05, 0) is 31.4 Å². The van der Waals surface area contributed by atoms with Gasteiger partial charge in [0, 0.05) is 18.7 Å². The average molecular weight is 483 g/mol. The summed E-state index contributed by atoms with van der Waals surface area (Å²) in [7, 11) is 3.08. The number of amides is 1. The lowest BCUT2D eigenvalue weighted by molar-refractivity contribution is -0.119. The van der Waals surface area contributed by atoms with E-state index in [1.54, 1.807) is 32.4 Å². The lowest BCUT2D eigenvalue weighted by Gasteiger charge is -2.19. The third-order valence-corrected chi connectivity index (χ3v) is 5.91. The van der Waals surface area contributed by atoms with Gasteiger partial charge in [-0.25, -0.2) is 0 Å². The van der Waals surface area contributed by atoms with Crippen molar-refractivity contribution in [3.63, 3.8) is 0 Å². The van der Waals surface area contributed by atoms with Gasteiger partial charge in [-0.3, -0.25) is 9.59 Å². The molecule has 0 saturated carbocycles. The van der Waals surface area contributed by atoms with E-state index in [2.05, 4.69) is 34.4 Å². The monoisotopic (exact) mass is 482 g/mol. The Labute approximate surface area is 205 Å². The standard InChI is InChI=1S/C26H34N4O5/c1-5-7-10-17-22(24-19(34-3)11-9-12-20(24)35-4)25(32)23(26(33)28-17)18-14-16(29-30-18)15-21(31)27-13-8-6-2/h9,11-12H,5-8,10,13-15H2,1-4H3,(H,27,31)(H2,28,32,33). The zero-order chi connectivity index (χ0) is 25.4.